The van der Waals surface area contributed by atoms with Crippen LogP contribution in [0.25, 0.3) is 10.9 Å². The van der Waals surface area contributed by atoms with Crippen molar-refractivity contribution >= 4 is 16.8 Å². The molecule has 24 heavy (non-hydrogen) atoms. The number of benzene rings is 2. The molecular weight excluding hydrogens is 310 g/mol. The lowest BCUT2D eigenvalue weighted by Crippen LogP contribution is -2.27. The topological polar surface area (TPSA) is 44.9 Å². The summed E-state index contributed by atoms with van der Waals surface area (Å²) < 4.78 is 26.3. The Morgan fingerprint density at radius 1 is 1.08 bits per heavy atom. The van der Waals surface area contributed by atoms with Gasteiger partial charge >= 0.3 is 0 Å². The fourth-order valence-electron chi connectivity index (χ4n) is 2.85. The van der Waals surface area contributed by atoms with Crippen molar-refractivity contribution in [2.24, 2.45) is 0 Å². The van der Waals surface area contributed by atoms with E-state index in [2.05, 4.69) is 10.3 Å². The molecule has 1 aromatic heterocycles. The molecule has 0 atom stereocenters. The first kappa shape index (κ1) is 16.2. The van der Waals surface area contributed by atoms with Gasteiger partial charge in [0.05, 0.1) is 6.42 Å². The van der Waals surface area contributed by atoms with Crippen molar-refractivity contribution in [3.63, 3.8) is 0 Å². The summed E-state index contributed by atoms with van der Waals surface area (Å²) in [7, 11) is 0. The zero-order valence-electron chi connectivity index (χ0n) is 13.3. The standard InChI is InChI=1S/C19H18F2N2O/c1-12-16(17-11-15(21)6-7-18(17)23-12)8-9-22-19(24)10-13-2-4-14(20)5-3-13/h2-7,11,23H,8-10H2,1H3,(H,22,24). The Morgan fingerprint density at radius 3 is 2.54 bits per heavy atom. The molecule has 0 fully saturated rings. The molecule has 0 unspecified atom stereocenters. The van der Waals surface area contributed by atoms with Crippen LogP contribution in [0.5, 0.6) is 0 Å². The number of nitrogens with one attached hydrogen (secondary N) is 2. The van der Waals surface area contributed by atoms with Crippen LogP contribution in [-0.2, 0) is 17.6 Å². The van der Waals surface area contributed by atoms with Crippen LogP contribution in [0.4, 0.5) is 8.78 Å². The van der Waals surface area contributed by atoms with E-state index in [4.69, 9.17) is 0 Å². The van der Waals surface area contributed by atoms with Gasteiger partial charge in [0.25, 0.3) is 0 Å². The Kier molecular flexibility index (Phi) is 4.60. The number of hydrogen-bond donors (Lipinski definition) is 2. The van der Waals surface area contributed by atoms with Crippen LogP contribution >= 0.6 is 0 Å². The number of hydrogen-bond acceptors (Lipinski definition) is 1. The Labute approximate surface area is 138 Å². The molecule has 0 radical (unpaired) electrons. The van der Waals surface area contributed by atoms with Crippen molar-refractivity contribution in [3.8, 4) is 0 Å². The van der Waals surface area contributed by atoms with Gasteiger partial charge in [-0.2, -0.15) is 0 Å². The maximum Gasteiger partial charge on any atom is 0.224 e. The lowest BCUT2D eigenvalue weighted by atomic mass is 10.1. The Hall–Kier alpha value is -2.69. The zero-order chi connectivity index (χ0) is 17.1. The fourth-order valence-corrected chi connectivity index (χ4v) is 2.85. The van der Waals surface area contributed by atoms with Gasteiger partial charge in [-0.15, -0.1) is 0 Å². The first-order chi connectivity index (χ1) is 11.5. The molecule has 3 aromatic rings. The molecule has 1 heterocycles. The highest BCUT2D eigenvalue weighted by molar-refractivity contribution is 5.85. The third-order valence-electron chi connectivity index (χ3n) is 4.06. The summed E-state index contributed by atoms with van der Waals surface area (Å²) in [6.45, 7) is 2.40. The van der Waals surface area contributed by atoms with Gasteiger partial charge in [-0.3, -0.25) is 4.79 Å². The minimum atomic E-state index is -0.318. The lowest BCUT2D eigenvalue weighted by molar-refractivity contribution is -0.120. The van der Waals surface area contributed by atoms with Crippen LogP contribution in [0.2, 0.25) is 0 Å². The van der Waals surface area contributed by atoms with Gasteiger partial charge in [0, 0.05) is 23.1 Å². The van der Waals surface area contributed by atoms with Crippen LogP contribution in [0.15, 0.2) is 42.5 Å². The minimum absolute atomic E-state index is 0.120. The van der Waals surface area contributed by atoms with Crippen molar-refractivity contribution in [1.82, 2.24) is 10.3 Å². The predicted octanol–water partition coefficient (Wildman–Crippen LogP) is 3.66. The average molecular weight is 328 g/mol. The molecule has 3 rings (SSSR count). The normalized spacial score (nSPS) is 11.0. The summed E-state index contributed by atoms with van der Waals surface area (Å²) in [4.78, 5) is 15.2. The number of amides is 1. The molecule has 0 saturated heterocycles. The summed E-state index contributed by atoms with van der Waals surface area (Å²) in [6, 6.07) is 10.5. The van der Waals surface area contributed by atoms with Crippen LogP contribution in [0.3, 0.4) is 0 Å². The zero-order valence-corrected chi connectivity index (χ0v) is 13.3. The predicted molar refractivity (Wildman–Crippen MR) is 89.8 cm³/mol. The highest BCUT2D eigenvalue weighted by atomic mass is 19.1. The molecule has 2 N–H and O–H groups in total. The van der Waals surface area contributed by atoms with E-state index in [0.29, 0.717) is 13.0 Å². The third-order valence-corrected chi connectivity index (χ3v) is 4.06. The first-order valence-corrected chi connectivity index (χ1v) is 7.81. The highest BCUT2D eigenvalue weighted by Gasteiger charge is 2.10. The second-order valence-electron chi connectivity index (χ2n) is 5.82. The van der Waals surface area contributed by atoms with E-state index in [9.17, 15) is 13.6 Å². The van der Waals surface area contributed by atoms with Crippen LogP contribution in [-0.4, -0.2) is 17.4 Å². The molecule has 5 heteroatoms. The largest absolute Gasteiger partial charge is 0.358 e. The molecule has 3 nitrogen and oxygen atoms in total. The smallest absolute Gasteiger partial charge is 0.224 e. The fraction of sp³-hybridized carbons (Fsp3) is 0.211. The van der Waals surface area contributed by atoms with E-state index in [1.165, 1.54) is 24.3 Å². The summed E-state index contributed by atoms with van der Waals surface area (Å²) in [6.07, 6.45) is 0.826. The van der Waals surface area contributed by atoms with E-state index in [1.54, 1.807) is 18.2 Å². The summed E-state index contributed by atoms with van der Waals surface area (Å²) in [5, 5.41) is 3.70. The summed E-state index contributed by atoms with van der Waals surface area (Å²) in [5.74, 6) is -0.713. The second kappa shape index (κ2) is 6.83. The third kappa shape index (κ3) is 3.62. The van der Waals surface area contributed by atoms with E-state index in [-0.39, 0.29) is 24.0 Å². The molecule has 124 valence electrons. The lowest BCUT2D eigenvalue weighted by Gasteiger charge is -2.06. The number of halogens is 2. The van der Waals surface area contributed by atoms with Gasteiger partial charge in [0.15, 0.2) is 0 Å². The van der Waals surface area contributed by atoms with E-state index < -0.39 is 0 Å². The van der Waals surface area contributed by atoms with Gasteiger partial charge < -0.3 is 10.3 Å². The Morgan fingerprint density at radius 2 is 1.79 bits per heavy atom. The van der Waals surface area contributed by atoms with Gasteiger partial charge in [0.1, 0.15) is 11.6 Å². The number of H-pyrrole nitrogens is 1. The summed E-state index contributed by atoms with van der Waals surface area (Å²) >= 11 is 0. The molecule has 0 spiro atoms. The molecule has 0 aliphatic rings. The van der Waals surface area contributed by atoms with Gasteiger partial charge in [-0.05, 0) is 54.8 Å². The average Bonchev–Trinajstić information content (AvgIpc) is 2.85. The van der Waals surface area contributed by atoms with E-state index in [0.717, 1.165) is 27.7 Å². The number of carbonyl (C=O) groups excluding carboxylic acids is 1. The highest BCUT2D eigenvalue weighted by Crippen LogP contribution is 2.23. The van der Waals surface area contributed by atoms with Crippen LogP contribution in [0, 0.1) is 18.6 Å². The first-order valence-electron chi connectivity index (χ1n) is 7.81. The maximum absolute atomic E-state index is 13.4. The Balaban J connectivity index is 1.60. The molecule has 0 aliphatic carbocycles. The monoisotopic (exact) mass is 328 g/mol. The number of aryl methyl sites for hydroxylation is 1. The van der Waals surface area contributed by atoms with Gasteiger partial charge in [-0.25, -0.2) is 8.78 Å². The quantitative estimate of drug-likeness (QED) is 0.738. The second-order valence-corrected chi connectivity index (χ2v) is 5.82. The minimum Gasteiger partial charge on any atom is -0.358 e. The molecule has 1 amide bonds. The van der Waals surface area contributed by atoms with Crippen molar-refractivity contribution in [1.29, 1.82) is 0 Å². The number of rotatable bonds is 5. The van der Waals surface area contributed by atoms with E-state index in [1.807, 2.05) is 6.92 Å². The number of carbonyl (C=O) groups is 1. The Bertz CT molecular complexity index is 869. The number of fused-ring (bicyclic) bond motifs is 1. The summed E-state index contributed by atoms with van der Waals surface area (Å²) in [5.41, 5.74) is 3.63. The molecule has 0 aliphatic heterocycles. The molecular formula is C19H18F2N2O. The van der Waals surface area contributed by atoms with Crippen molar-refractivity contribution < 1.29 is 13.6 Å². The van der Waals surface area contributed by atoms with Crippen LogP contribution < -0.4 is 5.32 Å². The number of aromatic nitrogens is 1. The van der Waals surface area contributed by atoms with Crippen molar-refractivity contribution in [2.45, 2.75) is 19.8 Å². The van der Waals surface area contributed by atoms with Crippen molar-refractivity contribution in [3.05, 3.63) is 70.9 Å². The van der Waals surface area contributed by atoms with Crippen molar-refractivity contribution in [2.75, 3.05) is 6.54 Å². The molecule has 0 bridgehead atoms. The van der Waals surface area contributed by atoms with E-state index >= 15 is 0 Å². The maximum atomic E-state index is 13.4. The van der Waals surface area contributed by atoms with Crippen LogP contribution in [0.1, 0.15) is 16.8 Å². The molecule has 0 saturated carbocycles. The number of aromatic amines is 1. The molecule has 2 aromatic carbocycles. The SMILES string of the molecule is Cc1[nH]c2ccc(F)cc2c1CCNC(=O)Cc1ccc(F)cc1. The van der Waals surface area contributed by atoms with Gasteiger partial charge in [0.2, 0.25) is 5.91 Å². The van der Waals surface area contributed by atoms with Gasteiger partial charge in [-0.1, -0.05) is 12.1 Å².